The van der Waals surface area contributed by atoms with E-state index < -0.39 is 0 Å². The first kappa shape index (κ1) is 12.4. The summed E-state index contributed by atoms with van der Waals surface area (Å²) in [7, 11) is 0. The molecule has 0 fully saturated rings. The van der Waals surface area contributed by atoms with E-state index in [0.29, 0.717) is 0 Å². The molecule has 0 bridgehead atoms. The Morgan fingerprint density at radius 2 is 2.23 bits per heavy atom. The van der Waals surface area contributed by atoms with Gasteiger partial charge in [-0.15, -0.1) is 12.4 Å². The fraction of sp³-hybridized carbons (Fsp3) is 0.125. The minimum absolute atomic E-state index is 0. The highest BCUT2D eigenvalue weighted by Crippen LogP contribution is 2.15. The summed E-state index contributed by atoms with van der Waals surface area (Å²) in [6, 6.07) is 7.35. The second kappa shape index (κ2) is 5.96. The molecular formula is C8H10BrClN2O. The Balaban J connectivity index is 0.00000144. The summed E-state index contributed by atoms with van der Waals surface area (Å²) in [5.74, 6) is -0.187. The summed E-state index contributed by atoms with van der Waals surface area (Å²) in [5.41, 5.74) is 5.88. The molecule has 0 atom stereocenters. The molecule has 3 N–H and O–H groups in total. The Morgan fingerprint density at radius 1 is 1.54 bits per heavy atom. The van der Waals surface area contributed by atoms with Crippen molar-refractivity contribution in [3.63, 3.8) is 0 Å². The number of carbonyl (C=O) groups excluding carboxylic acids is 1. The molecule has 1 aromatic rings. The van der Waals surface area contributed by atoms with E-state index in [2.05, 4.69) is 21.2 Å². The van der Waals surface area contributed by atoms with Crippen LogP contribution >= 0.6 is 28.3 Å². The van der Waals surface area contributed by atoms with Gasteiger partial charge in [0.25, 0.3) is 0 Å². The van der Waals surface area contributed by atoms with Crippen LogP contribution in [0.2, 0.25) is 0 Å². The van der Waals surface area contributed by atoms with Gasteiger partial charge in [-0.25, -0.2) is 0 Å². The molecule has 1 aromatic carbocycles. The highest BCUT2D eigenvalue weighted by Gasteiger charge is 1.97. The zero-order valence-electron chi connectivity index (χ0n) is 6.79. The maximum absolute atomic E-state index is 10.8. The van der Waals surface area contributed by atoms with Crippen molar-refractivity contribution < 1.29 is 4.79 Å². The van der Waals surface area contributed by atoms with Gasteiger partial charge < -0.3 is 11.1 Å². The zero-order valence-corrected chi connectivity index (χ0v) is 9.19. The van der Waals surface area contributed by atoms with Crippen LogP contribution in [0.25, 0.3) is 0 Å². The van der Waals surface area contributed by atoms with E-state index in [9.17, 15) is 4.79 Å². The molecule has 0 unspecified atom stereocenters. The average Bonchev–Trinajstić information content (AvgIpc) is 2.04. The first-order valence-electron chi connectivity index (χ1n) is 3.48. The van der Waals surface area contributed by atoms with Crippen molar-refractivity contribution in [2.75, 3.05) is 11.9 Å². The number of amides is 1. The number of nitrogens with two attached hydrogens (primary N) is 1. The van der Waals surface area contributed by atoms with Gasteiger partial charge in [0.05, 0.1) is 6.54 Å². The lowest BCUT2D eigenvalue weighted by Gasteiger charge is -2.02. The molecule has 0 spiro atoms. The van der Waals surface area contributed by atoms with Crippen LogP contribution in [0.5, 0.6) is 0 Å². The van der Waals surface area contributed by atoms with Crippen molar-refractivity contribution >= 4 is 39.9 Å². The van der Waals surface area contributed by atoms with Crippen LogP contribution in [-0.4, -0.2) is 12.5 Å². The van der Waals surface area contributed by atoms with Gasteiger partial charge in [-0.05, 0) is 18.2 Å². The zero-order chi connectivity index (χ0) is 8.97. The van der Waals surface area contributed by atoms with Gasteiger partial charge in [-0.1, -0.05) is 22.0 Å². The molecule has 0 aliphatic carbocycles. The highest BCUT2D eigenvalue weighted by molar-refractivity contribution is 9.10. The second-order valence-corrected chi connectivity index (χ2v) is 3.18. The number of hydrogen-bond donors (Lipinski definition) is 2. The third-order valence-electron chi connectivity index (χ3n) is 1.29. The quantitative estimate of drug-likeness (QED) is 0.856. The normalized spacial score (nSPS) is 8.77. The van der Waals surface area contributed by atoms with Gasteiger partial charge in [0.1, 0.15) is 0 Å². The maximum atomic E-state index is 10.8. The fourth-order valence-electron chi connectivity index (χ4n) is 0.778. The van der Waals surface area contributed by atoms with Crippen molar-refractivity contribution in [3.05, 3.63) is 28.7 Å². The van der Waals surface area contributed by atoms with E-state index in [0.717, 1.165) is 10.2 Å². The topological polar surface area (TPSA) is 55.1 Å². The average molecular weight is 266 g/mol. The lowest BCUT2D eigenvalue weighted by atomic mass is 10.3. The first-order valence-corrected chi connectivity index (χ1v) is 4.27. The molecule has 0 saturated heterocycles. The molecule has 0 aromatic heterocycles. The standard InChI is InChI=1S/C8H9BrN2O.ClH/c9-6-2-1-3-7(4-6)11-8(12)5-10;/h1-4H,5,10H2,(H,11,12);1H. The second-order valence-electron chi connectivity index (χ2n) is 2.26. The predicted octanol–water partition coefficient (Wildman–Crippen LogP) is 1.77. The highest BCUT2D eigenvalue weighted by atomic mass is 79.9. The number of benzene rings is 1. The van der Waals surface area contributed by atoms with Gasteiger partial charge in [-0.3, -0.25) is 4.79 Å². The van der Waals surface area contributed by atoms with Crippen LogP contribution in [0.15, 0.2) is 28.7 Å². The molecule has 1 amide bonds. The molecule has 0 heterocycles. The van der Waals surface area contributed by atoms with E-state index in [1.807, 2.05) is 18.2 Å². The van der Waals surface area contributed by atoms with E-state index in [1.165, 1.54) is 0 Å². The van der Waals surface area contributed by atoms with Gasteiger partial charge in [0.2, 0.25) is 5.91 Å². The Morgan fingerprint density at radius 3 is 2.77 bits per heavy atom. The van der Waals surface area contributed by atoms with E-state index in [-0.39, 0.29) is 24.9 Å². The lowest BCUT2D eigenvalue weighted by molar-refractivity contribution is -0.114. The number of hydrogen-bond acceptors (Lipinski definition) is 2. The molecule has 13 heavy (non-hydrogen) atoms. The minimum atomic E-state index is -0.187. The predicted molar refractivity (Wildman–Crippen MR) is 59.1 cm³/mol. The summed E-state index contributed by atoms with van der Waals surface area (Å²) >= 11 is 3.29. The van der Waals surface area contributed by atoms with Crippen LogP contribution in [0.3, 0.4) is 0 Å². The summed E-state index contributed by atoms with van der Waals surface area (Å²) in [4.78, 5) is 10.8. The van der Waals surface area contributed by atoms with Crippen LogP contribution < -0.4 is 11.1 Å². The minimum Gasteiger partial charge on any atom is -0.325 e. The van der Waals surface area contributed by atoms with E-state index >= 15 is 0 Å². The molecular weight excluding hydrogens is 255 g/mol. The van der Waals surface area contributed by atoms with E-state index in [1.54, 1.807) is 6.07 Å². The molecule has 5 heteroatoms. The Hall–Kier alpha value is -0.580. The number of halogens is 2. The number of nitrogens with one attached hydrogen (secondary N) is 1. The molecule has 1 rings (SSSR count). The van der Waals surface area contributed by atoms with Crippen LogP contribution in [0.4, 0.5) is 5.69 Å². The van der Waals surface area contributed by atoms with Gasteiger partial charge in [0.15, 0.2) is 0 Å². The molecule has 0 saturated carbocycles. The SMILES string of the molecule is Cl.NCC(=O)Nc1cccc(Br)c1. The fourth-order valence-corrected chi connectivity index (χ4v) is 1.18. The van der Waals surface area contributed by atoms with Gasteiger partial charge >= 0.3 is 0 Å². The molecule has 3 nitrogen and oxygen atoms in total. The smallest absolute Gasteiger partial charge is 0.238 e. The Bertz CT molecular complexity index is 293. The van der Waals surface area contributed by atoms with Crippen molar-refractivity contribution in [3.8, 4) is 0 Å². The monoisotopic (exact) mass is 264 g/mol. The van der Waals surface area contributed by atoms with Crippen molar-refractivity contribution in [1.82, 2.24) is 0 Å². The molecule has 72 valence electrons. The van der Waals surface area contributed by atoms with Crippen molar-refractivity contribution in [2.45, 2.75) is 0 Å². The van der Waals surface area contributed by atoms with Gasteiger partial charge in [0, 0.05) is 10.2 Å². The summed E-state index contributed by atoms with van der Waals surface area (Å²) < 4.78 is 0.928. The number of rotatable bonds is 2. The molecule has 0 aliphatic rings. The van der Waals surface area contributed by atoms with Gasteiger partial charge in [-0.2, -0.15) is 0 Å². The summed E-state index contributed by atoms with van der Waals surface area (Å²) in [6.07, 6.45) is 0. The van der Waals surface area contributed by atoms with Crippen molar-refractivity contribution in [2.24, 2.45) is 5.73 Å². The number of anilines is 1. The molecule has 0 aliphatic heterocycles. The Labute approximate surface area is 91.2 Å². The van der Waals surface area contributed by atoms with Crippen molar-refractivity contribution in [1.29, 1.82) is 0 Å². The summed E-state index contributed by atoms with van der Waals surface area (Å²) in [5, 5.41) is 2.64. The van der Waals surface area contributed by atoms with E-state index in [4.69, 9.17) is 5.73 Å². The lowest BCUT2D eigenvalue weighted by Crippen LogP contribution is -2.21. The van der Waals surface area contributed by atoms with Crippen LogP contribution in [0, 0.1) is 0 Å². The number of carbonyl (C=O) groups is 1. The summed E-state index contributed by atoms with van der Waals surface area (Å²) in [6.45, 7) is 0.00646. The third-order valence-corrected chi connectivity index (χ3v) is 1.79. The molecule has 0 radical (unpaired) electrons. The van der Waals surface area contributed by atoms with Crippen LogP contribution in [0.1, 0.15) is 0 Å². The first-order chi connectivity index (χ1) is 5.72. The Kier molecular flexibility index (Phi) is 5.70. The van der Waals surface area contributed by atoms with Crippen LogP contribution in [-0.2, 0) is 4.79 Å². The largest absolute Gasteiger partial charge is 0.325 e. The third kappa shape index (κ3) is 4.26. The maximum Gasteiger partial charge on any atom is 0.238 e.